The van der Waals surface area contributed by atoms with E-state index in [0.717, 1.165) is 43.4 Å². The van der Waals surface area contributed by atoms with Gasteiger partial charge in [-0.1, -0.05) is 30.3 Å². The van der Waals surface area contributed by atoms with E-state index in [4.69, 9.17) is 4.98 Å². The number of aromatic nitrogens is 5. The van der Waals surface area contributed by atoms with E-state index in [1.54, 1.807) is 12.4 Å². The van der Waals surface area contributed by atoms with Crippen LogP contribution in [0, 0.1) is 6.92 Å². The molecule has 3 aromatic heterocycles. The predicted molar refractivity (Wildman–Crippen MR) is 142 cm³/mol. The minimum atomic E-state index is 0.166. The molecule has 8 heteroatoms. The van der Waals surface area contributed by atoms with E-state index in [-0.39, 0.29) is 5.54 Å². The van der Waals surface area contributed by atoms with Gasteiger partial charge >= 0.3 is 0 Å². The van der Waals surface area contributed by atoms with Crippen LogP contribution in [0.5, 0.6) is 0 Å². The smallest absolute Gasteiger partial charge is 0.180 e. The van der Waals surface area contributed by atoms with Gasteiger partial charge in [0.25, 0.3) is 0 Å². The maximum absolute atomic E-state index is 4.70. The van der Waals surface area contributed by atoms with E-state index >= 15 is 0 Å². The van der Waals surface area contributed by atoms with Crippen LogP contribution in [0.25, 0.3) is 11.5 Å². The highest BCUT2D eigenvalue weighted by Crippen LogP contribution is 2.21. The SMILES string of the molecule is Cc1cccc(-c2nccc(Nc3ccnc(Cc4ccc(CN5CCNCC5(C)C)cc4)n3)n2)n1. The molecule has 0 spiro atoms. The van der Waals surface area contributed by atoms with Crippen molar-refractivity contribution in [2.24, 2.45) is 0 Å². The third kappa shape index (κ3) is 5.90. The number of nitrogens with zero attached hydrogens (tertiary/aromatic N) is 6. The molecule has 5 rings (SSSR count). The summed E-state index contributed by atoms with van der Waals surface area (Å²) in [5.41, 5.74) is 4.35. The summed E-state index contributed by atoms with van der Waals surface area (Å²) in [4.78, 5) is 25.2. The molecular weight excluding hydrogens is 448 g/mol. The van der Waals surface area contributed by atoms with E-state index in [9.17, 15) is 0 Å². The third-order valence-electron chi connectivity index (χ3n) is 6.47. The summed E-state index contributed by atoms with van der Waals surface area (Å²) in [6, 6.07) is 18.3. The maximum atomic E-state index is 4.70. The van der Waals surface area contributed by atoms with Gasteiger partial charge in [-0.2, -0.15) is 0 Å². The van der Waals surface area contributed by atoms with Crippen molar-refractivity contribution in [3.05, 3.63) is 89.6 Å². The minimum absolute atomic E-state index is 0.166. The molecular formula is C28H32N8. The highest BCUT2D eigenvalue weighted by molar-refractivity contribution is 5.56. The van der Waals surface area contributed by atoms with Crippen molar-refractivity contribution in [3.8, 4) is 11.5 Å². The van der Waals surface area contributed by atoms with Crippen molar-refractivity contribution in [2.45, 2.75) is 39.3 Å². The molecule has 4 aromatic rings. The van der Waals surface area contributed by atoms with Gasteiger partial charge in [0.2, 0.25) is 0 Å². The molecule has 1 fully saturated rings. The van der Waals surface area contributed by atoms with Crippen LogP contribution in [0.1, 0.15) is 36.5 Å². The fourth-order valence-corrected chi connectivity index (χ4v) is 4.39. The normalized spacial score (nSPS) is 15.5. The Balaban J connectivity index is 1.24. The Morgan fingerprint density at radius 3 is 2.42 bits per heavy atom. The molecule has 0 bridgehead atoms. The Morgan fingerprint density at radius 1 is 0.889 bits per heavy atom. The molecule has 2 N–H and O–H groups in total. The van der Waals surface area contributed by atoms with Crippen LogP contribution in [0.15, 0.2) is 67.0 Å². The zero-order chi connectivity index (χ0) is 25.0. The van der Waals surface area contributed by atoms with Crippen molar-refractivity contribution in [1.82, 2.24) is 35.1 Å². The first-order chi connectivity index (χ1) is 17.4. The number of pyridine rings is 1. The van der Waals surface area contributed by atoms with Gasteiger partial charge in [-0.3, -0.25) is 4.90 Å². The first kappa shape index (κ1) is 24.0. The van der Waals surface area contributed by atoms with E-state index in [2.05, 4.69) is 73.6 Å². The largest absolute Gasteiger partial charge is 0.325 e. The van der Waals surface area contributed by atoms with Gasteiger partial charge in [-0.05, 0) is 56.2 Å². The van der Waals surface area contributed by atoms with E-state index in [0.29, 0.717) is 23.9 Å². The van der Waals surface area contributed by atoms with Crippen LogP contribution in [-0.4, -0.2) is 55.0 Å². The first-order valence-electron chi connectivity index (χ1n) is 12.3. The molecule has 184 valence electrons. The average molecular weight is 481 g/mol. The first-order valence-corrected chi connectivity index (χ1v) is 12.3. The predicted octanol–water partition coefficient (Wildman–Crippen LogP) is 4.16. The summed E-state index contributed by atoms with van der Waals surface area (Å²) in [6.07, 6.45) is 4.16. The molecule has 36 heavy (non-hydrogen) atoms. The second-order valence-electron chi connectivity index (χ2n) is 9.82. The number of anilines is 2. The third-order valence-corrected chi connectivity index (χ3v) is 6.47. The average Bonchev–Trinajstić information content (AvgIpc) is 2.87. The maximum Gasteiger partial charge on any atom is 0.180 e. The highest BCUT2D eigenvalue weighted by Gasteiger charge is 2.29. The number of piperazine rings is 1. The molecule has 8 nitrogen and oxygen atoms in total. The molecule has 0 unspecified atom stereocenters. The number of rotatable bonds is 7. The molecule has 1 aliphatic rings. The van der Waals surface area contributed by atoms with Gasteiger partial charge in [0.1, 0.15) is 23.2 Å². The molecule has 0 saturated carbocycles. The second kappa shape index (κ2) is 10.5. The van der Waals surface area contributed by atoms with Crippen LogP contribution in [0.2, 0.25) is 0 Å². The van der Waals surface area contributed by atoms with Gasteiger partial charge in [-0.15, -0.1) is 0 Å². The van der Waals surface area contributed by atoms with E-state index in [1.165, 1.54) is 11.1 Å². The van der Waals surface area contributed by atoms with Crippen LogP contribution in [0.4, 0.5) is 11.6 Å². The van der Waals surface area contributed by atoms with E-state index < -0.39 is 0 Å². The molecule has 4 heterocycles. The fraction of sp³-hybridized carbons (Fsp3) is 0.321. The van der Waals surface area contributed by atoms with E-state index in [1.807, 2.05) is 37.3 Å². The summed E-state index contributed by atoms with van der Waals surface area (Å²) >= 11 is 0. The molecule has 1 aromatic carbocycles. The quantitative estimate of drug-likeness (QED) is 0.408. The van der Waals surface area contributed by atoms with Crippen LogP contribution in [0.3, 0.4) is 0 Å². The Kier molecular flexibility index (Phi) is 6.97. The topological polar surface area (TPSA) is 91.8 Å². The van der Waals surface area contributed by atoms with Gasteiger partial charge in [0.05, 0.1) is 0 Å². The van der Waals surface area contributed by atoms with Gasteiger partial charge in [-0.25, -0.2) is 24.9 Å². The molecule has 0 radical (unpaired) electrons. The van der Waals surface area contributed by atoms with Crippen LogP contribution in [-0.2, 0) is 13.0 Å². The lowest BCUT2D eigenvalue weighted by Crippen LogP contribution is -2.57. The Labute approximate surface area is 212 Å². The van der Waals surface area contributed by atoms with Crippen LogP contribution < -0.4 is 10.6 Å². The number of hydrogen-bond donors (Lipinski definition) is 2. The number of nitrogens with one attached hydrogen (secondary N) is 2. The van der Waals surface area contributed by atoms with Crippen molar-refractivity contribution >= 4 is 11.6 Å². The van der Waals surface area contributed by atoms with Gasteiger partial charge < -0.3 is 10.6 Å². The Bertz CT molecular complexity index is 1320. The zero-order valence-electron chi connectivity index (χ0n) is 21.1. The molecule has 0 atom stereocenters. The van der Waals surface area contributed by atoms with Crippen molar-refractivity contribution in [1.29, 1.82) is 0 Å². The van der Waals surface area contributed by atoms with Crippen molar-refractivity contribution < 1.29 is 0 Å². The Hall–Kier alpha value is -3.75. The standard InChI is InChI=1S/C28H32N8/c1-20-5-4-6-23(32-20)27-31-14-12-25(35-27)33-24-11-13-30-26(34-24)17-21-7-9-22(10-8-21)18-36-16-15-29-19-28(36,2)3/h4-14,29H,15-19H2,1-3H3,(H,30,31,33,34,35). The Morgan fingerprint density at radius 2 is 1.64 bits per heavy atom. The lowest BCUT2D eigenvalue weighted by atomic mass is 9.99. The highest BCUT2D eigenvalue weighted by atomic mass is 15.2. The number of hydrogen-bond acceptors (Lipinski definition) is 8. The van der Waals surface area contributed by atoms with Crippen molar-refractivity contribution in [2.75, 3.05) is 25.0 Å². The molecule has 1 aliphatic heterocycles. The number of benzene rings is 1. The summed E-state index contributed by atoms with van der Waals surface area (Å²) in [5, 5.41) is 6.77. The monoisotopic (exact) mass is 480 g/mol. The zero-order valence-corrected chi connectivity index (χ0v) is 21.1. The summed E-state index contributed by atoms with van der Waals surface area (Å²) in [7, 11) is 0. The summed E-state index contributed by atoms with van der Waals surface area (Å²) in [5.74, 6) is 2.68. The summed E-state index contributed by atoms with van der Waals surface area (Å²) in [6.45, 7) is 10.6. The lowest BCUT2D eigenvalue weighted by molar-refractivity contribution is 0.0827. The van der Waals surface area contributed by atoms with Crippen molar-refractivity contribution in [3.63, 3.8) is 0 Å². The minimum Gasteiger partial charge on any atom is -0.325 e. The lowest BCUT2D eigenvalue weighted by Gasteiger charge is -2.42. The fourth-order valence-electron chi connectivity index (χ4n) is 4.39. The van der Waals surface area contributed by atoms with Gasteiger partial charge in [0, 0.05) is 56.2 Å². The summed E-state index contributed by atoms with van der Waals surface area (Å²) < 4.78 is 0. The van der Waals surface area contributed by atoms with Gasteiger partial charge in [0.15, 0.2) is 5.82 Å². The molecule has 1 saturated heterocycles. The molecule has 0 aliphatic carbocycles. The van der Waals surface area contributed by atoms with Crippen LogP contribution >= 0.6 is 0 Å². The second-order valence-corrected chi connectivity index (χ2v) is 9.82. The molecule has 0 amide bonds. The number of aryl methyl sites for hydroxylation is 1.